The summed E-state index contributed by atoms with van der Waals surface area (Å²) in [5.41, 5.74) is 2.70. The normalized spacial score (nSPS) is 13.1. The summed E-state index contributed by atoms with van der Waals surface area (Å²) in [6.07, 6.45) is 7.58. The molecule has 1 amide bonds. The summed E-state index contributed by atoms with van der Waals surface area (Å²) in [5, 5.41) is 2.79. The van der Waals surface area contributed by atoms with E-state index in [1.54, 1.807) is 38.4 Å². The lowest BCUT2D eigenvalue weighted by Crippen LogP contribution is -2.35. The highest BCUT2D eigenvalue weighted by molar-refractivity contribution is 5.84. The van der Waals surface area contributed by atoms with E-state index in [2.05, 4.69) is 21.9 Å². The SMILES string of the molecule is C=C(/C=N\C(=C/C)NC(=O)CN(C)c1nc(-c2cc(OC)ccn2)nc2c1CCC2)OC. The Hall–Kier alpha value is -3.75. The molecule has 168 valence electrons. The van der Waals surface area contributed by atoms with Crippen LogP contribution in [-0.4, -0.2) is 54.9 Å². The Kier molecular flexibility index (Phi) is 7.54. The number of carbonyl (C=O) groups excluding carboxylic acids is 1. The van der Waals surface area contributed by atoms with Gasteiger partial charge in [0.25, 0.3) is 0 Å². The molecule has 0 saturated carbocycles. The molecule has 32 heavy (non-hydrogen) atoms. The molecule has 0 bridgehead atoms. The molecule has 2 heterocycles. The lowest BCUT2D eigenvalue weighted by molar-refractivity contribution is -0.119. The van der Waals surface area contributed by atoms with Crippen molar-refractivity contribution in [3.63, 3.8) is 0 Å². The van der Waals surface area contributed by atoms with Gasteiger partial charge in [0, 0.05) is 30.6 Å². The predicted octanol–water partition coefficient (Wildman–Crippen LogP) is 2.68. The second-order valence-corrected chi connectivity index (χ2v) is 7.24. The Balaban J connectivity index is 1.81. The first-order valence-corrected chi connectivity index (χ1v) is 10.3. The quantitative estimate of drug-likeness (QED) is 0.476. The van der Waals surface area contributed by atoms with Gasteiger partial charge in [-0.1, -0.05) is 6.58 Å². The Morgan fingerprint density at radius 2 is 2.16 bits per heavy atom. The summed E-state index contributed by atoms with van der Waals surface area (Å²) in [7, 11) is 4.95. The number of allylic oxidation sites excluding steroid dienone is 2. The van der Waals surface area contributed by atoms with Crippen molar-refractivity contribution in [1.29, 1.82) is 0 Å². The van der Waals surface area contributed by atoms with E-state index in [9.17, 15) is 4.79 Å². The molecule has 0 fully saturated rings. The summed E-state index contributed by atoms with van der Waals surface area (Å²) in [6.45, 7) is 5.57. The minimum absolute atomic E-state index is 0.104. The average molecular weight is 437 g/mol. The molecule has 1 N–H and O–H groups in total. The molecule has 9 nitrogen and oxygen atoms in total. The van der Waals surface area contributed by atoms with Crippen molar-refractivity contribution in [3.8, 4) is 17.3 Å². The van der Waals surface area contributed by atoms with E-state index in [-0.39, 0.29) is 12.5 Å². The fraction of sp³-hybridized carbons (Fsp3) is 0.348. The van der Waals surface area contributed by atoms with Crippen LogP contribution in [0.15, 0.2) is 47.6 Å². The van der Waals surface area contributed by atoms with Crippen molar-refractivity contribution >= 4 is 17.9 Å². The predicted molar refractivity (Wildman–Crippen MR) is 124 cm³/mol. The first kappa shape index (κ1) is 22.9. The monoisotopic (exact) mass is 436 g/mol. The fourth-order valence-electron chi connectivity index (χ4n) is 3.35. The number of aromatic nitrogens is 3. The molecular formula is C23H28N6O3. The van der Waals surface area contributed by atoms with Gasteiger partial charge in [-0.3, -0.25) is 9.78 Å². The number of ether oxygens (including phenoxy) is 2. The maximum atomic E-state index is 12.7. The zero-order valence-corrected chi connectivity index (χ0v) is 18.9. The number of nitrogens with zero attached hydrogens (tertiary/aromatic N) is 5. The molecule has 0 spiro atoms. The highest BCUT2D eigenvalue weighted by Gasteiger charge is 2.23. The zero-order valence-electron chi connectivity index (χ0n) is 18.9. The summed E-state index contributed by atoms with van der Waals surface area (Å²) in [5.74, 6) is 2.53. The fourth-order valence-corrected chi connectivity index (χ4v) is 3.35. The second-order valence-electron chi connectivity index (χ2n) is 7.24. The summed E-state index contributed by atoms with van der Waals surface area (Å²) < 4.78 is 10.3. The highest BCUT2D eigenvalue weighted by Crippen LogP contribution is 2.31. The maximum absolute atomic E-state index is 12.7. The van der Waals surface area contributed by atoms with Crippen molar-refractivity contribution in [3.05, 3.63) is 53.8 Å². The molecule has 0 unspecified atom stereocenters. The van der Waals surface area contributed by atoms with Gasteiger partial charge in [-0.25, -0.2) is 15.0 Å². The van der Waals surface area contributed by atoms with Crippen LogP contribution in [0.3, 0.4) is 0 Å². The first-order valence-electron chi connectivity index (χ1n) is 10.3. The number of aryl methyl sites for hydroxylation is 1. The number of hydrogen-bond donors (Lipinski definition) is 1. The van der Waals surface area contributed by atoms with Crippen LogP contribution in [0.2, 0.25) is 0 Å². The van der Waals surface area contributed by atoms with Crippen LogP contribution in [0.1, 0.15) is 24.6 Å². The number of methoxy groups -OCH3 is 2. The average Bonchev–Trinajstić information content (AvgIpc) is 3.29. The standard InChI is InChI=1S/C23H28N6O3/c1-6-20(25-13-15(2)31-4)27-21(30)14-29(3)23-17-8-7-9-18(17)26-22(28-23)19-12-16(32-5)10-11-24-19/h6,10-13H,2,7-9,14H2,1,3-5H3,(H,27,30)/b20-6+,25-13-. The van der Waals surface area contributed by atoms with Crippen molar-refractivity contribution < 1.29 is 14.3 Å². The van der Waals surface area contributed by atoms with Crippen LogP contribution in [0.5, 0.6) is 5.75 Å². The number of carbonyl (C=O) groups is 1. The number of likely N-dealkylation sites (N-methyl/N-ethyl adjacent to an activating group) is 1. The van der Waals surface area contributed by atoms with Gasteiger partial charge in [-0.15, -0.1) is 0 Å². The summed E-state index contributed by atoms with van der Waals surface area (Å²) in [4.78, 5) is 32.5. The van der Waals surface area contributed by atoms with Crippen LogP contribution in [-0.2, 0) is 22.4 Å². The van der Waals surface area contributed by atoms with Gasteiger partial charge >= 0.3 is 0 Å². The van der Waals surface area contributed by atoms with Crippen LogP contribution >= 0.6 is 0 Å². The molecule has 0 aromatic carbocycles. The van der Waals surface area contributed by atoms with E-state index in [1.165, 1.54) is 13.3 Å². The van der Waals surface area contributed by atoms with Crippen LogP contribution in [0, 0.1) is 0 Å². The number of nitrogens with one attached hydrogen (secondary N) is 1. The smallest absolute Gasteiger partial charge is 0.245 e. The van der Waals surface area contributed by atoms with Crippen LogP contribution in [0.4, 0.5) is 5.82 Å². The number of aliphatic imine (C=N–C) groups is 1. The van der Waals surface area contributed by atoms with E-state index in [1.807, 2.05) is 11.9 Å². The minimum Gasteiger partial charge on any atom is -0.497 e. The molecule has 2 aromatic heterocycles. The molecule has 0 aliphatic heterocycles. The summed E-state index contributed by atoms with van der Waals surface area (Å²) in [6, 6.07) is 3.58. The van der Waals surface area contributed by atoms with Gasteiger partial charge in [0.1, 0.15) is 28.8 Å². The third kappa shape index (κ3) is 5.48. The number of anilines is 1. The third-order valence-electron chi connectivity index (χ3n) is 5.00. The molecule has 1 aliphatic carbocycles. The number of fused-ring (bicyclic) bond motifs is 1. The van der Waals surface area contributed by atoms with Gasteiger partial charge in [-0.2, -0.15) is 0 Å². The molecule has 1 aliphatic rings. The zero-order chi connectivity index (χ0) is 23.1. The minimum atomic E-state index is -0.216. The lowest BCUT2D eigenvalue weighted by atomic mass is 10.2. The number of pyridine rings is 1. The third-order valence-corrected chi connectivity index (χ3v) is 5.00. The van der Waals surface area contributed by atoms with Crippen molar-refractivity contribution in [2.45, 2.75) is 26.2 Å². The van der Waals surface area contributed by atoms with E-state index < -0.39 is 0 Å². The van der Waals surface area contributed by atoms with Gasteiger partial charge in [0.2, 0.25) is 5.91 Å². The van der Waals surface area contributed by atoms with Crippen molar-refractivity contribution in [2.75, 3.05) is 32.7 Å². The molecule has 3 rings (SSSR count). The molecular weight excluding hydrogens is 408 g/mol. The van der Waals surface area contributed by atoms with E-state index in [0.717, 1.165) is 36.3 Å². The number of amides is 1. The molecule has 2 aromatic rings. The molecule has 0 saturated heterocycles. The Morgan fingerprint density at radius 1 is 1.34 bits per heavy atom. The van der Waals surface area contributed by atoms with Crippen LogP contribution in [0.25, 0.3) is 11.5 Å². The second kappa shape index (κ2) is 10.5. The van der Waals surface area contributed by atoms with E-state index in [4.69, 9.17) is 19.4 Å². The van der Waals surface area contributed by atoms with Crippen LogP contribution < -0.4 is 15.0 Å². The Labute approximate surface area is 187 Å². The largest absolute Gasteiger partial charge is 0.497 e. The van der Waals surface area contributed by atoms with Gasteiger partial charge in [0.15, 0.2) is 5.82 Å². The number of hydrogen-bond acceptors (Lipinski definition) is 8. The topological polar surface area (TPSA) is 102 Å². The lowest BCUT2D eigenvalue weighted by Gasteiger charge is -2.21. The molecule has 0 radical (unpaired) electrons. The Morgan fingerprint density at radius 3 is 2.88 bits per heavy atom. The van der Waals surface area contributed by atoms with Gasteiger partial charge in [0.05, 0.1) is 27.0 Å². The Bertz CT molecular complexity index is 1060. The summed E-state index contributed by atoms with van der Waals surface area (Å²) >= 11 is 0. The maximum Gasteiger partial charge on any atom is 0.245 e. The van der Waals surface area contributed by atoms with Gasteiger partial charge in [-0.05, 0) is 38.3 Å². The molecule has 0 atom stereocenters. The number of rotatable bonds is 9. The van der Waals surface area contributed by atoms with E-state index in [0.29, 0.717) is 28.8 Å². The van der Waals surface area contributed by atoms with E-state index >= 15 is 0 Å². The van der Waals surface area contributed by atoms with Crippen molar-refractivity contribution in [2.24, 2.45) is 4.99 Å². The highest BCUT2D eigenvalue weighted by atomic mass is 16.5. The van der Waals surface area contributed by atoms with Crippen molar-refractivity contribution in [1.82, 2.24) is 20.3 Å². The molecule has 9 heteroatoms. The van der Waals surface area contributed by atoms with Gasteiger partial charge < -0.3 is 19.7 Å². The first-order chi connectivity index (χ1) is 15.4.